The van der Waals surface area contributed by atoms with Crippen LogP contribution in [0.25, 0.3) is 0 Å². The molecule has 2 unspecified atom stereocenters. The molecule has 2 aliphatic heterocycles. The third-order valence-electron chi connectivity index (χ3n) is 3.90. The lowest BCUT2D eigenvalue weighted by Gasteiger charge is -2.39. The zero-order valence-electron chi connectivity index (χ0n) is 10.5. The van der Waals surface area contributed by atoms with Gasteiger partial charge in [-0.25, -0.2) is 0 Å². The lowest BCUT2D eigenvalue weighted by molar-refractivity contribution is -0.143. The van der Waals surface area contributed by atoms with Crippen molar-refractivity contribution in [3.8, 4) is 0 Å². The van der Waals surface area contributed by atoms with Gasteiger partial charge < -0.3 is 9.84 Å². The highest BCUT2D eigenvalue weighted by molar-refractivity contribution is 5.77. The Balaban J connectivity index is 1.83. The Kier molecular flexibility index (Phi) is 4.36. The summed E-state index contributed by atoms with van der Waals surface area (Å²) in [5, 5.41) is 9.27. The van der Waals surface area contributed by atoms with Crippen molar-refractivity contribution in [3.05, 3.63) is 0 Å². The zero-order valence-corrected chi connectivity index (χ0v) is 10.5. The Morgan fingerprint density at radius 1 is 1.41 bits per heavy atom. The molecule has 0 saturated carbocycles. The van der Waals surface area contributed by atoms with Crippen molar-refractivity contribution in [3.63, 3.8) is 0 Å². The second-order valence-electron chi connectivity index (χ2n) is 4.79. The third kappa shape index (κ3) is 2.78. The molecule has 98 valence electrons. The number of carbonyl (C=O) groups excluding carboxylic acids is 1. The molecule has 2 fully saturated rings. The van der Waals surface area contributed by atoms with Crippen LogP contribution in [0.2, 0.25) is 0 Å². The topological polar surface area (TPSA) is 53.0 Å². The van der Waals surface area contributed by atoms with Crippen LogP contribution in [0.15, 0.2) is 0 Å². The molecule has 0 bridgehead atoms. The Labute approximate surface area is 102 Å². The van der Waals surface area contributed by atoms with Crippen molar-refractivity contribution >= 4 is 5.97 Å². The van der Waals surface area contributed by atoms with Gasteiger partial charge >= 0.3 is 5.97 Å². The van der Waals surface area contributed by atoms with E-state index in [2.05, 4.69) is 16.7 Å². The molecular weight excluding hydrogens is 220 g/mol. The van der Waals surface area contributed by atoms with Crippen molar-refractivity contribution in [2.75, 3.05) is 39.4 Å². The van der Waals surface area contributed by atoms with E-state index in [9.17, 15) is 9.90 Å². The lowest BCUT2D eigenvalue weighted by atomic mass is 10.1. The van der Waals surface area contributed by atoms with Gasteiger partial charge in [0.25, 0.3) is 0 Å². The van der Waals surface area contributed by atoms with Crippen molar-refractivity contribution in [1.82, 2.24) is 9.80 Å². The summed E-state index contributed by atoms with van der Waals surface area (Å²) < 4.78 is 5.00. The number of esters is 1. The number of piperazine rings is 1. The molecule has 0 aromatic rings. The zero-order chi connectivity index (χ0) is 12.3. The van der Waals surface area contributed by atoms with Crippen molar-refractivity contribution in [2.24, 2.45) is 0 Å². The number of carbonyl (C=O) groups is 1. The van der Waals surface area contributed by atoms with Gasteiger partial charge in [0, 0.05) is 38.6 Å². The van der Waals surface area contributed by atoms with Crippen LogP contribution in [-0.2, 0) is 9.53 Å². The van der Waals surface area contributed by atoms with Crippen LogP contribution in [0.1, 0.15) is 19.8 Å². The Morgan fingerprint density at radius 3 is 2.59 bits per heavy atom. The maximum Gasteiger partial charge on any atom is 0.323 e. The van der Waals surface area contributed by atoms with E-state index in [0.717, 1.165) is 39.0 Å². The van der Waals surface area contributed by atoms with Crippen LogP contribution in [0, 0.1) is 0 Å². The summed E-state index contributed by atoms with van der Waals surface area (Å²) in [6.45, 7) is 6.56. The predicted molar refractivity (Wildman–Crippen MR) is 63.7 cm³/mol. The van der Waals surface area contributed by atoms with Crippen molar-refractivity contribution in [1.29, 1.82) is 0 Å². The molecule has 2 atom stereocenters. The molecule has 2 heterocycles. The first kappa shape index (κ1) is 12.8. The molecule has 0 spiro atoms. The second-order valence-corrected chi connectivity index (χ2v) is 4.79. The number of aliphatic hydroxyl groups is 1. The van der Waals surface area contributed by atoms with E-state index >= 15 is 0 Å². The van der Waals surface area contributed by atoms with Crippen LogP contribution >= 0.6 is 0 Å². The molecule has 2 rings (SSSR count). The van der Waals surface area contributed by atoms with E-state index < -0.39 is 0 Å². The minimum Gasteiger partial charge on any atom is -0.464 e. The molecule has 0 aromatic heterocycles. The molecule has 0 radical (unpaired) electrons. The van der Waals surface area contributed by atoms with Crippen LogP contribution in [0.5, 0.6) is 0 Å². The van der Waals surface area contributed by atoms with Gasteiger partial charge in [-0.15, -0.1) is 0 Å². The number of cyclic esters (lactones) is 1. The van der Waals surface area contributed by atoms with E-state index in [1.54, 1.807) is 0 Å². The Bertz CT molecular complexity index is 260. The standard InChI is InChI=1S/C12H22N2O3/c1-2-10(9-15)13-4-6-14(7-5-13)11-3-8-17-12(11)16/h10-11,15H,2-9H2,1H3. The molecule has 5 heteroatoms. The second kappa shape index (κ2) is 5.80. The molecule has 0 amide bonds. The fourth-order valence-electron chi connectivity index (χ4n) is 2.73. The van der Waals surface area contributed by atoms with E-state index in [4.69, 9.17) is 4.74 Å². The minimum atomic E-state index is -0.0624. The SMILES string of the molecule is CCC(CO)N1CCN(C2CCOC2=O)CC1. The summed E-state index contributed by atoms with van der Waals surface area (Å²) in [5.41, 5.74) is 0. The molecular formula is C12H22N2O3. The number of rotatable bonds is 4. The van der Waals surface area contributed by atoms with Crippen molar-refractivity contribution < 1.29 is 14.6 Å². The average molecular weight is 242 g/mol. The lowest BCUT2D eigenvalue weighted by Crippen LogP contribution is -2.54. The normalized spacial score (nSPS) is 29.3. The summed E-state index contributed by atoms with van der Waals surface area (Å²) in [6.07, 6.45) is 1.80. The fourth-order valence-corrected chi connectivity index (χ4v) is 2.73. The maximum absolute atomic E-state index is 11.5. The van der Waals surface area contributed by atoms with Gasteiger partial charge in [-0.3, -0.25) is 14.6 Å². The predicted octanol–water partition coefficient (Wildman–Crippen LogP) is -0.310. The number of aliphatic hydroxyl groups excluding tert-OH is 1. The Morgan fingerprint density at radius 2 is 2.12 bits per heavy atom. The molecule has 1 N–H and O–H groups in total. The summed E-state index contributed by atoms with van der Waals surface area (Å²) >= 11 is 0. The van der Waals surface area contributed by atoms with Gasteiger partial charge in [-0.1, -0.05) is 6.92 Å². The molecule has 5 nitrogen and oxygen atoms in total. The van der Waals surface area contributed by atoms with Gasteiger partial charge in [0.05, 0.1) is 13.2 Å². The van der Waals surface area contributed by atoms with Gasteiger partial charge in [-0.05, 0) is 6.42 Å². The highest BCUT2D eigenvalue weighted by Crippen LogP contribution is 2.17. The molecule has 2 saturated heterocycles. The summed E-state index contributed by atoms with van der Waals surface area (Å²) in [7, 11) is 0. The third-order valence-corrected chi connectivity index (χ3v) is 3.90. The van der Waals surface area contributed by atoms with Crippen LogP contribution in [0.4, 0.5) is 0 Å². The molecule has 0 aromatic carbocycles. The highest BCUT2D eigenvalue weighted by Gasteiger charge is 2.34. The molecule has 2 aliphatic rings. The molecule has 0 aliphatic carbocycles. The number of hydrogen-bond acceptors (Lipinski definition) is 5. The van der Waals surface area contributed by atoms with Gasteiger partial charge in [0.1, 0.15) is 6.04 Å². The van der Waals surface area contributed by atoms with Crippen LogP contribution < -0.4 is 0 Å². The highest BCUT2D eigenvalue weighted by atomic mass is 16.5. The van der Waals surface area contributed by atoms with Gasteiger partial charge in [0.15, 0.2) is 0 Å². The van der Waals surface area contributed by atoms with Crippen LogP contribution in [0.3, 0.4) is 0 Å². The molecule has 17 heavy (non-hydrogen) atoms. The van der Waals surface area contributed by atoms with Gasteiger partial charge in [-0.2, -0.15) is 0 Å². The largest absolute Gasteiger partial charge is 0.464 e. The van der Waals surface area contributed by atoms with Crippen molar-refractivity contribution in [2.45, 2.75) is 31.8 Å². The quantitative estimate of drug-likeness (QED) is 0.685. The monoisotopic (exact) mass is 242 g/mol. The first-order valence-corrected chi connectivity index (χ1v) is 6.51. The first-order chi connectivity index (χ1) is 8.26. The number of nitrogens with zero attached hydrogens (tertiary/aromatic N) is 2. The number of hydrogen-bond donors (Lipinski definition) is 1. The Hall–Kier alpha value is -0.650. The number of ether oxygens (including phenoxy) is 1. The first-order valence-electron chi connectivity index (χ1n) is 6.51. The summed E-state index contributed by atoms with van der Waals surface area (Å²) in [5.74, 6) is -0.0624. The summed E-state index contributed by atoms with van der Waals surface area (Å²) in [4.78, 5) is 16.0. The minimum absolute atomic E-state index is 0.0219. The van der Waals surface area contributed by atoms with E-state index in [0.29, 0.717) is 6.61 Å². The fraction of sp³-hybridized carbons (Fsp3) is 0.917. The van der Waals surface area contributed by atoms with E-state index in [1.165, 1.54) is 0 Å². The van der Waals surface area contributed by atoms with Crippen LogP contribution in [-0.4, -0.2) is 72.4 Å². The maximum atomic E-state index is 11.5. The van der Waals surface area contributed by atoms with E-state index in [-0.39, 0.29) is 24.7 Å². The van der Waals surface area contributed by atoms with Gasteiger partial charge in [0.2, 0.25) is 0 Å². The smallest absolute Gasteiger partial charge is 0.323 e. The van der Waals surface area contributed by atoms with E-state index in [1.807, 2.05) is 0 Å². The summed E-state index contributed by atoms with van der Waals surface area (Å²) in [6, 6.07) is 0.249. The average Bonchev–Trinajstić information content (AvgIpc) is 2.78.